The minimum Gasteiger partial charge on any atom is -0.493 e. The number of nitrogens with one attached hydrogen (secondary N) is 1. The summed E-state index contributed by atoms with van der Waals surface area (Å²) in [6.45, 7) is 3.90. The maximum Gasteiger partial charge on any atom is 0.318 e. The van der Waals surface area contributed by atoms with Crippen molar-refractivity contribution >= 4 is 23.3 Å². The molecule has 2 aromatic rings. The average molecular weight is 584 g/mol. The number of ether oxygens (including phenoxy) is 3. The molecule has 0 atom stereocenters. The molecule has 4 aliphatic carbocycles. The highest BCUT2D eigenvalue weighted by molar-refractivity contribution is 7.11. The van der Waals surface area contributed by atoms with Gasteiger partial charge in [-0.05, 0) is 99.5 Å². The normalized spacial score (nSPS) is 24.2. The minimum absolute atomic E-state index is 0.0256. The number of carbonyl (C=O) groups excluding carboxylic acids is 2. The predicted molar refractivity (Wildman–Crippen MR) is 161 cm³/mol. The van der Waals surface area contributed by atoms with Gasteiger partial charge in [-0.15, -0.1) is 11.3 Å². The summed E-state index contributed by atoms with van der Waals surface area (Å²) < 4.78 is 16.2. The van der Waals surface area contributed by atoms with Gasteiger partial charge in [-0.3, -0.25) is 4.79 Å². The Morgan fingerprint density at radius 3 is 2.20 bits per heavy atom. The third-order valence-electron chi connectivity index (χ3n) is 9.20. The molecule has 8 nitrogen and oxygen atoms in total. The van der Waals surface area contributed by atoms with Gasteiger partial charge in [0.2, 0.25) is 5.91 Å². The van der Waals surface area contributed by atoms with E-state index in [0.29, 0.717) is 44.2 Å². The van der Waals surface area contributed by atoms with Crippen molar-refractivity contribution in [2.75, 3.05) is 47.6 Å². The van der Waals surface area contributed by atoms with Gasteiger partial charge >= 0.3 is 6.03 Å². The van der Waals surface area contributed by atoms with Crippen LogP contribution in [0.3, 0.4) is 0 Å². The number of hydrogen-bond acceptors (Lipinski definition) is 6. The fraction of sp³-hybridized carbons (Fsp3) is 0.625. The van der Waals surface area contributed by atoms with Crippen molar-refractivity contribution in [2.24, 2.45) is 17.8 Å². The Morgan fingerprint density at radius 1 is 0.927 bits per heavy atom. The van der Waals surface area contributed by atoms with Gasteiger partial charge in [0, 0.05) is 35.5 Å². The van der Waals surface area contributed by atoms with Gasteiger partial charge in [-0.1, -0.05) is 6.07 Å². The molecule has 1 aromatic heterocycles. The van der Waals surface area contributed by atoms with Gasteiger partial charge in [0.15, 0.2) is 11.5 Å². The smallest absolute Gasteiger partial charge is 0.318 e. The lowest BCUT2D eigenvalue weighted by Crippen LogP contribution is -2.62. The number of carbonyl (C=O) groups is 2. The number of hydrogen-bond donors (Lipinski definition) is 1. The summed E-state index contributed by atoms with van der Waals surface area (Å²) >= 11 is 1.70. The molecule has 0 aliphatic heterocycles. The Hall–Kier alpha value is -2.78. The molecule has 4 saturated carbocycles. The van der Waals surface area contributed by atoms with Crippen LogP contribution >= 0.6 is 11.3 Å². The van der Waals surface area contributed by atoms with Crippen molar-refractivity contribution in [3.05, 3.63) is 45.6 Å². The van der Waals surface area contributed by atoms with E-state index >= 15 is 0 Å². The van der Waals surface area contributed by atoms with Crippen LogP contribution in [0.5, 0.6) is 11.5 Å². The molecule has 3 amide bonds. The predicted octanol–water partition coefficient (Wildman–Crippen LogP) is 5.27. The minimum atomic E-state index is -0.135. The Bertz CT molecular complexity index is 1180. The summed E-state index contributed by atoms with van der Waals surface area (Å²) in [5.74, 6) is 3.49. The first-order valence-corrected chi connectivity index (χ1v) is 15.7. The number of nitrogens with zero attached hydrogens (tertiary/aromatic N) is 2. The van der Waals surface area contributed by atoms with Crippen LogP contribution in [0.25, 0.3) is 0 Å². The fourth-order valence-corrected chi connectivity index (χ4v) is 8.54. The summed E-state index contributed by atoms with van der Waals surface area (Å²) in [4.78, 5) is 33.5. The van der Waals surface area contributed by atoms with Gasteiger partial charge in [0.25, 0.3) is 0 Å². The second-order valence-corrected chi connectivity index (χ2v) is 13.7. The van der Waals surface area contributed by atoms with Crippen LogP contribution in [0.15, 0.2) is 30.3 Å². The molecule has 1 N–H and O–H groups in total. The van der Waals surface area contributed by atoms with E-state index in [2.05, 4.69) is 24.4 Å². The third kappa shape index (κ3) is 7.17. The van der Waals surface area contributed by atoms with Crippen molar-refractivity contribution in [1.82, 2.24) is 15.1 Å². The van der Waals surface area contributed by atoms with Crippen LogP contribution in [-0.2, 0) is 22.5 Å². The lowest BCUT2D eigenvalue weighted by atomic mass is 9.53. The van der Waals surface area contributed by atoms with E-state index in [-0.39, 0.29) is 24.0 Å². The number of benzene rings is 1. The van der Waals surface area contributed by atoms with Crippen LogP contribution in [0, 0.1) is 24.7 Å². The summed E-state index contributed by atoms with van der Waals surface area (Å²) in [6, 6.07) is 9.89. The van der Waals surface area contributed by atoms with Crippen molar-refractivity contribution in [3.63, 3.8) is 0 Å². The summed E-state index contributed by atoms with van der Waals surface area (Å²) in [6.07, 6.45) is 7.84. The first-order valence-electron chi connectivity index (χ1n) is 14.9. The molecule has 4 bridgehead atoms. The van der Waals surface area contributed by atoms with Gasteiger partial charge in [0.05, 0.1) is 27.4 Å². The molecule has 4 aliphatic rings. The number of rotatable bonds is 13. The van der Waals surface area contributed by atoms with Crippen LogP contribution in [-0.4, -0.2) is 74.8 Å². The highest BCUT2D eigenvalue weighted by Crippen LogP contribution is 2.55. The summed E-state index contributed by atoms with van der Waals surface area (Å²) in [5.41, 5.74) is 0.945. The Balaban J connectivity index is 1.28. The maximum atomic E-state index is 13.9. The average Bonchev–Trinajstić information content (AvgIpc) is 3.36. The molecule has 1 heterocycles. The highest BCUT2D eigenvalue weighted by Gasteiger charge is 2.51. The van der Waals surface area contributed by atoms with E-state index in [1.54, 1.807) is 37.6 Å². The lowest BCUT2D eigenvalue weighted by molar-refractivity contribution is -0.132. The molecule has 41 heavy (non-hydrogen) atoms. The van der Waals surface area contributed by atoms with Crippen LogP contribution in [0.2, 0.25) is 0 Å². The summed E-state index contributed by atoms with van der Waals surface area (Å²) in [5, 5.41) is 3.45. The van der Waals surface area contributed by atoms with E-state index in [1.165, 1.54) is 24.1 Å². The molecule has 224 valence electrons. The van der Waals surface area contributed by atoms with E-state index in [0.717, 1.165) is 47.5 Å². The van der Waals surface area contributed by atoms with Gasteiger partial charge in [0.1, 0.15) is 6.54 Å². The monoisotopic (exact) mass is 583 g/mol. The number of aryl methyl sites for hydroxylation is 1. The number of thiophene rings is 1. The lowest BCUT2D eigenvalue weighted by Gasteiger charge is -2.57. The molecular formula is C32H45N3O5S. The molecule has 0 saturated heterocycles. The second-order valence-electron chi connectivity index (χ2n) is 12.3. The molecule has 1 aromatic carbocycles. The van der Waals surface area contributed by atoms with E-state index < -0.39 is 0 Å². The maximum absolute atomic E-state index is 13.9. The van der Waals surface area contributed by atoms with Crippen LogP contribution < -0.4 is 14.8 Å². The molecule has 9 heteroatoms. The zero-order valence-corrected chi connectivity index (χ0v) is 25.8. The van der Waals surface area contributed by atoms with Crippen molar-refractivity contribution in [2.45, 2.75) is 64.0 Å². The molecular weight excluding hydrogens is 538 g/mol. The highest BCUT2D eigenvalue weighted by atomic mass is 32.1. The first-order chi connectivity index (χ1) is 19.8. The molecule has 0 unspecified atom stereocenters. The fourth-order valence-electron chi connectivity index (χ4n) is 7.64. The number of urea groups is 1. The molecule has 0 radical (unpaired) electrons. The quantitative estimate of drug-likeness (QED) is 0.348. The van der Waals surface area contributed by atoms with Gasteiger partial charge in [-0.2, -0.15) is 0 Å². The van der Waals surface area contributed by atoms with E-state index in [4.69, 9.17) is 14.2 Å². The SMILES string of the molecule is COCCN(CC(=O)N(CCc1ccc(OC)c(OC)c1)Cc1ccc(C)s1)C(=O)NC12CC3CC(CC(C3)C1)C2. The van der Waals surface area contributed by atoms with Gasteiger partial charge in [-0.25, -0.2) is 4.79 Å². The Kier molecular flexibility index (Phi) is 9.44. The van der Waals surface area contributed by atoms with Crippen molar-refractivity contribution in [3.8, 4) is 11.5 Å². The first kappa shape index (κ1) is 29.7. The second kappa shape index (κ2) is 13.0. The zero-order valence-electron chi connectivity index (χ0n) is 24.9. The van der Waals surface area contributed by atoms with Crippen LogP contribution in [0.4, 0.5) is 4.79 Å². The van der Waals surface area contributed by atoms with Gasteiger partial charge < -0.3 is 29.3 Å². The third-order valence-corrected chi connectivity index (χ3v) is 10.2. The molecule has 6 rings (SSSR count). The molecule has 4 fully saturated rings. The Morgan fingerprint density at radius 2 is 1.61 bits per heavy atom. The van der Waals surface area contributed by atoms with E-state index in [1.807, 2.05) is 23.1 Å². The van der Waals surface area contributed by atoms with Crippen molar-refractivity contribution < 1.29 is 23.8 Å². The zero-order chi connectivity index (χ0) is 29.0. The standard InChI is InChI=1S/C32H45N3O5S/c1-22-5-7-27(41-22)20-34(10-9-23-6-8-28(39-3)29(16-23)40-4)30(36)21-35(11-12-38-2)31(37)33-32-17-24-13-25(18-32)15-26(14-24)19-32/h5-8,16,24-26H,9-15,17-21H2,1-4H3,(H,33,37). The molecule has 0 spiro atoms. The summed E-state index contributed by atoms with van der Waals surface area (Å²) in [7, 11) is 4.88. The number of amides is 3. The topological polar surface area (TPSA) is 80.3 Å². The van der Waals surface area contributed by atoms with Crippen molar-refractivity contribution in [1.29, 1.82) is 0 Å². The Labute approximate surface area is 248 Å². The number of methoxy groups -OCH3 is 3. The van der Waals surface area contributed by atoms with Crippen LogP contribution in [0.1, 0.15) is 53.8 Å². The van der Waals surface area contributed by atoms with E-state index in [9.17, 15) is 9.59 Å². The largest absolute Gasteiger partial charge is 0.493 e.